The number of hydrogen-bond donors (Lipinski definition) is 2. The maximum Gasteiger partial charge on any atom is 0.272 e. The zero-order valence-electron chi connectivity index (χ0n) is 10.4. The molecule has 0 unspecified atom stereocenters. The molecule has 0 aliphatic heterocycles. The monoisotopic (exact) mass is 252 g/mol. The summed E-state index contributed by atoms with van der Waals surface area (Å²) in [4.78, 5) is 21.8. The van der Waals surface area contributed by atoms with Gasteiger partial charge in [0.1, 0.15) is 0 Å². The minimum Gasteiger partial charge on any atom is -0.396 e. The van der Waals surface area contributed by atoms with Gasteiger partial charge in [-0.05, 0) is 31.9 Å². The molecule has 0 radical (unpaired) electrons. The molecular formula is C12H16N2O4. The molecule has 2 N–H and O–H groups in total. The van der Waals surface area contributed by atoms with Crippen molar-refractivity contribution in [1.29, 1.82) is 0 Å². The quantitative estimate of drug-likeness (QED) is 0.618. The molecule has 98 valence electrons. The topological polar surface area (TPSA) is 92.5 Å². The van der Waals surface area contributed by atoms with Gasteiger partial charge in [0.15, 0.2) is 0 Å². The van der Waals surface area contributed by atoms with Gasteiger partial charge in [-0.2, -0.15) is 0 Å². The predicted molar refractivity (Wildman–Crippen MR) is 67.5 cm³/mol. The first kappa shape index (κ1) is 14.1. The van der Waals surface area contributed by atoms with Crippen LogP contribution in [0.4, 0.5) is 11.4 Å². The minimum atomic E-state index is -0.445. The van der Waals surface area contributed by atoms with Crippen LogP contribution in [0.25, 0.3) is 0 Å². The van der Waals surface area contributed by atoms with Gasteiger partial charge < -0.3 is 10.4 Å². The highest BCUT2D eigenvalue weighted by atomic mass is 16.6. The summed E-state index contributed by atoms with van der Waals surface area (Å²) >= 11 is 0. The van der Waals surface area contributed by atoms with E-state index in [9.17, 15) is 14.9 Å². The Kier molecular flexibility index (Phi) is 4.79. The van der Waals surface area contributed by atoms with Gasteiger partial charge in [0.2, 0.25) is 5.91 Å². The molecule has 0 aliphatic carbocycles. The van der Waals surface area contributed by atoms with Crippen LogP contribution in [0.5, 0.6) is 0 Å². The number of anilines is 1. The minimum absolute atomic E-state index is 0.0360. The van der Waals surface area contributed by atoms with Crippen molar-refractivity contribution >= 4 is 17.3 Å². The molecule has 0 aliphatic rings. The van der Waals surface area contributed by atoms with Crippen LogP contribution in [-0.4, -0.2) is 22.5 Å². The number of aliphatic hydroxyl groups is 1. The summed E-state index contributed by atoms with van der Waals surface area (Å²) in [7, 11) is 0. The second kappa shape index (κ2) is 6.11. The van der Waals surface area contributed by atoms with Crippen LogP contribution in [0.2, 0.25) is 0 Å². The Labute approximate surface area is 105 Å². The maximum absolute atomic E-state index is 11.5. The molecule has 0 fully saturated rings. The molecule has 18 heavy (non-hydrogen) atoms. The molecule has 0 spiro atoms. The average Bonchev–Trinajstić information content (AvgIpc) is 2.30. The second-order valence-electron chi connectivity index (χ2n) is 4.09. The standard InChI is InChI=1S/C12H16N2O4/c1-8-7-11(14(17)18)9(2)6-10(8)13-12(16)4-3-5-15/h6-7,15H,3-5H2,1-2H3,(H,13,16). The van der Waals surface area contributed by atoms with E-state index in [1.807, 2.05) is 0 Å². The lowest BCUT2D eigenvalue weighted by Gasteiger charge is -2.09. The van der Waals surface area contributed by atoms with Gasteiger partial charge in [-0.3, -0.25) is 14.9 Å². The Balaban J connectivity index is 2.88. The van der Waals surface area contributed by atoms with E-state index in [4.69, 9.17) is 5.11 Å². The number of nitrogens with one attached hydrogen (secondary N) is 1. The van der Waals surface area contributed by atoms with Crippen LogP contribution in [-0.2, 0) is 4.79 Å². The molecule has 0 bridgehead atoms. The fourth-order valence-corrected chi connectivity index (χ4v) is 1.58. The van der Waals surface area contributed by atoms with Gasteiger partial charge >= 0.3 is 0 Å². The average molecular weight is 252 g/mol. The van der Waals surface area contributed by atoms with Crippen molar-refractivity contribution in [3.8, 4) is 0 Å². The molecule has 6 heteroatoms. The number of amides is 1. The van der Waals surface area contributed by atoms with Gasteiger partial charge in [0.05, 0.1) is 4.92 Å². The molecule has 0 saturated heterocycles. The predicted octanol–water partition coefficient (Wildman–Crippen LogP) is 1.92. The van der Waals surface area contributed by atoms with E-state index in [2.05, 4.69) is 5.32 Å². The Hall–Kier alpha value is -1.95. The number of carbonyl (C=O) groups is 1. The third-order valence-electron chi connectivity index (χ3n) is 2.58. The van der Waals surface area contributed by atoms with E-state index in [0.29, 0.717) is 23.2 Å². The number of carbonyl (C=O) groups excluding carboxylic acids is 1. The van der Waals surface area contributed by atoms with Crippen molar-refractivity contribution in [2.75, 3.05) is 11.9 Å². The number of nitro groups is 1. The molecular weight excluding hydrogens is 236 g/mol. The summed E-state index contributed by atoms with van der Waals surface area (Å²) < 4.78 is 0. The Bertz CT molecular complexity index is 471. The van der Waals surface area contributed by atoms with Crippen molar-refractivity contribution in [2.45, 2.75) is 26.7 Å². The number of aliphatic hydroxyl groups excluding tert-OH is 1. The Morgan fingerprint density at radius 1 is 1.39 bits per heavy atom. The summed E-state index contributed by atoms with van der Waals surface area (Å²) in [5.74, 6) is -0.208. The number of benzene rings is 1. The third-order valence-corrected chi connectivity index (χ3v) is 2.58. The highest BCUT2D eigenvalue weighted by Crippen LogP contribution is 2.26. The maximum atomic E-state index is 11.5. The van der Waals surface area contributed by atoms with E-state index >= 15 is 0 Å². The lowest BCUT2D eigenvalue weighted by atomic mass is 10.1. The molecule has 1 aromatic rings. The van der Waals surface area contributed by atoms with Crippen LogP contribution in [0.15, 0.2) is 12.1 Å². The van der Waals surface area contributed by atoms with E-state index in [-0.39, 0.29) is 24.6 Å². The summed E-state index contributed by atoms with van der Waals surface area (Å²) in [6, 6.07) is 3.03. The van der Waals surface area contributed by atoms with Gasteiger partial charge in [-0.15, -0.1) is 0 Å². The van der Waals surface area contributed by atoms with Gasteiger partial charge in [-0.1, -0.05) is 0 Å². The van der Waals surface area contributed by atoms with Gasteiger partial charge in [0.25, 0.3) is 5.69 Å². The van der Waals surface area contributed by atoms with Crippen LogP contribution < -0.4 is 5.32 Å². The first-order valence-corrected chi connectivity index (χ1v) is 5.62. The second-order valence-corrected chi connectivity index (χ2v) is 4.09. The Morgan fingerprint density at radius 2 is 2.06 bits per heavy atom. The molecule has 0 atom stereocenters. The summed E-state index contributed by atoms with van der Waals surface area (Å²) in [6.45, 7) is 3.29. The zero-order valence-corrected chi connectivity index (χ0v) is 10.4. The SMILES string of the molecule is Cc1cc([N+](=O)[O-])c(C)cc1NC(=O)CCCO. The largest absolute Gasteiger partial charge is 0.396 e. The van der Waals surface area contributed by atoms with Crippen molar-refractivity contribution in [3.63, 3.8) is 0 Å². The van der Waals surface area contributed by atoms with Crippen LogP contribution in [0, 0.1) is 24.0 Å². The molecule has 0 saturated carbocycles. The highest BCUT2D eigenvalue weighted by Gasteiger charge is 2.14. The fraction of sp³-hybridized carbons (Fsp3) is 0.417. The van der Waals surface area contributed by atoms with Crippen LogP contribution >= 0.6 is 0 Å². The molecule has 1 rings (SSSR count). The first-order chi connectivity index (χ1) is 8.45. The first-order valence-electron chi connectivity index (χ1n) is 5.62. The van der Waals surface area contributed by atoms with Crippen molar-refractivity contribution < 1.29 is 14.8 Å². The van der Waals surface area contributed by atoms with Crippen molar-refractivity contribution in [1.82, 2.24) is 0 Å². The highest BCUT2D eigenvalue weighted by molar-refractivity contribution is 5.91. The van der Waals surface area contributed by atoms with E-state index in [1.165, 1.54) is 6.07 Å². The number of aryl methyl sites for hydroxylation is 2. The van der Waals surface area contributed by atoms with Crippen molar-refractivity contribution in [2.24, 2.45) is 0 Å². The number of rotatable bonds is 5. The lowest BCUT2D eigenvalue weighted by Crippen LogP contribution is -2.13. The smallest absolute Gasteiger partial charge is 0.272 e. The lowest BCUT2D eigenvalue weighted by molar-refractivity contribution is -0.385. The number of hydrogen-bond acceptors (Lipinski definition) is 4. The molecule has 1 amide bonds. The van der Waals surface area contributed by atoms with E-state index in [1.54, 1.807) is 19.9 Å². The summed E-state index contributed by atoms with van der Waals surface area (Å²) in [5, 5.41) is 22.0. The number of nitrogens with zero attached hydrogens (tertiary/aromatic N) is 1. The third kappa shape index (κ3) is 3.53. The number of nitro benzene ring substituents is 1. The van der Waals surface area contributed by atoms with Gasteiger partial charge in [-0.25, -0.2) is 0 Å². The van der Waals surface area contributed by atoms with Crippen LogP contribution in [0.1, 0.15) is 24.0 Å². The van der Waals surface area contributed by atoms with Gasteiger partial charge in [0, 0.05) is 30.3 Å². The molecule has 6 nitrogen and oxygen atoms in total. The normalized spacial score (nSPS) is 10.2. The van der Waals surface area contributed by atoms with Crippen molar-refractivity contribution in [3.05, 3.63) is 33.4 Å². The zero-order chi connectivity index (χ0) is 13.7. The molecule has 1 aromatic carbocycles. The summed E-state index contributed by atoms with van der Waals surface area (Å²) in [6.07, 6.45) is 0.628. The Morgan fingerprint density at radius 3 is 2.61 bits per heavy atom. The summed E-state index contributed by atoms with van der Waals surface area (Å²) in [5.41, 5.74) is 1.76. The molecule has 0 aromatic heterocycles. The van der Waals surface area contributed by atoms with E-state index in [0.717, 1.165) is 0 Å². The fourth-order valence-electron chi connectivity index (χ4n) is 1.58. The van der Waals surface area contributed by atoms with E-state index < -0.39 is 4.92 Å². The molecule has 0 heterocycles. The van der Waals surface area contributed by atoms with Crippen LogP contribution in [0.3, 0.4) is 0 Å².